The molecule has 0 aliphatic carbocycles. The van der Waals surface area contributed by atoms with Gasteiger partial charge in [-0.25, -0.2) is 28.1 Å². The van der Waals surface area contributed by atoms with Gasteiger partial charge >= 0.3 is 0 Å². The van der Waals surface area contributed by atoms with E-state index in [9.17, 15) is 8.42 Å². The Morgan fingerprint density at radius 3 is 2.11 bits per heavy atom. The fourth-order valence-electron chi connectivity index (χ4n) is 1.70. The molecule has 0 radical (unpaired) electrons. The maximum absolute atomic E-state index is 12.2. The molecule has 2 aromatic rings. The number of aryl methyl sites for hydroxylation is 4. The maximum atomic E-state index is 12.2. The van der Waals surface area contributed by atoms with E-state index in [0.29, 0.717) is 22.1 Å². The SMILES string of the molecule is Cc1cc(C)nc(NS(=O)(=O)c2sc(C)nc2C)n1. The van der Waals surface area contributed by atoms with Crippen LogP contribution in [0.15, 0.2) is 10.3 Å². The van der Waals surface area contributed by atoms with Crippen molar-refractivity contribution in [3.8, 4) is 0 Å². The Labute approximate surface area is 116 Å². The molecule has 2 rings (SSSR count). The molecule has 0 saturated heterocycles. The minimum absolute atomic E-state index is 0.0861. The average Bonchev–Trinajstić information content (AvgIpc) is 2.56. The van der Waals surface area contributed by atoms with Crippen LogP contribution in [0.2, 0.25) is 0 Å². The molecule has 0 aliphatic rings. The van der Waals surface area contributed by atoms with Gasteiger partial charge in [0.25, 0.3) is 10.0 Å². The molecular formula is C11H14N4O2S2. The standard InChI is InChI=1S/C11H14N4O2S2/c1-6-5-7(2)13-11(12-6)15-19(16,17)10-8(3)14-9(4)18-10/h5H,1-4H3,(H,12,13,15). The highest BCUT2D eigenvalue weighted by Crippen LogP contribution is 2.24. The van der Waals surface area contributed by atoms with E-state index in [-0.39, 0.29) is 10.2 Å². The van der Waals surface area contributed by atoms with Crippen LogP contribution < -0.4 is 4.72 Å². The number of thiazole rings is 1. The Bertz CT molecular complexity index is 702. The van der Waals surface area contributed by atoms with Crippen molar-refractivity contribution in [3.05, 3.63) is 28.2 Å². The largest absolute Gasteiger partial charge is 0.275 e. The fourth-order valence-corrected chi connectivity index (χ4v) is 4.13. The number of nitrogens with zero attached hydrogens (tertiary/aromatic N) is 3. The molecule has 1 N–H and O–H groups in total. The second kappa shape index (κ2) is 4.86. The number of hydrogen-bond donors (Lipinski definition) is 1. The number of anilines is 1. The third-order valence-corrected chi connectivity index (χ3v) is 5.32. The Balaban J connectivity index is 2.39. The van der Waals surface area contributed by atoms with Crippen molar-refractivity contribution in [2.45, 2.75) is 31.9 Å². The highest BCUT2D eigenvalue weighted by Gasteiger charge is 2.22. The van der Waals surface area contributed by atoms with Gasteiger partial charge < -0.3 is 0 Å². The summed E-state index contributed by atoms with van der Waals surface area (Å²) in [5, 5.41) is 0.708. The molecule has 0 bridgehead atoms. The summed E-state index contributed by atoms with van der Waals surface area (Å²) in [7, 11) is -3.68. The highest BCUT2D eigenvalue weighted by molar-refractivity contribution is 7.94. The summed E-state index contributed by atoms with van der Waals surface area (Å²) in [6.45, 7) is 7.01. The van der Waals surface area contributed by atoms with Gasteiger partial charge in [-0.15, -0.1) is 11.3 Å². The van der Waals surface area contributed by atoms with E-state index in [4.69, 9.17) is 0 Å². The first-order valence-corrected chi connectivity index (χ1v) is 7.87. The molecule has 6 nitrogen and oxygen atoms in total. The monoisotopic (exact) mass is 298 g/mol. The summed E-state index contributed by atoms with van der Waals surface area (Å²) >= 11 is 1.13. The zero-order valence-electron chi connectivity index (χ0n) is 11.1. The predicted octanol–water partition coefficient (Wildman–Crippen LogP) is 1.97. The van der Waals surface area contributed by atoms with Crippen LogP contribution in [-0.2, 0) is 10.0 Å². The van der Waals surface area contributed by atoms with Gasteiger partial charge in [-0.05, 0) is 33.8 Å². The van der Waals surface area contributed by atoms with Crippen molar-refractivity contribution in [2.24, 2.45) is 0 Å². The lowest BCUT2D eigenvalue weighted by Crippen LogP contribution is -2.15. The molecule has 0 fully saturated rings. The Hall–Kier alpha value is -1.54. The number of hydrogen-bond acceptors (Lipinski definition) is 6. The molecule has 0 unspecified atom stereocenters. The Kier molecular flexibility index (Phi) is 3.55. The number of sulfonamides is 1. The van der Waals surface area contributed by atoms with Crippen molar-refractivity contribution in [1.29, 1.82) is 0 Å². The predicted molar refractivity (Wildman–Crippen MR) is 73.9 cm³/mol. The molecule has 8 heteroatoms. The van der Waals surface area contributed by atoms with Crippen molar-refractivity contribution in [2.75, 3.05) is 4.72 Å². The summed E-state index contributed by atoms with van der Waals surface area (Å²) in [6, 6.07) is 1.78. The van der Waals surface area contributed by atoms with Gasteiger partial charge in [0.2, 0.25) is 5.95 Å². The maximum Gasteiger partial charge on any atom is 0.275 e. The van der Waals surface area contributed by atoms with E-state index in [1.807, 2.05) is 0 Å². The van der Waals surface area contributed by atoms with Crippen LogP contribution in [0, 0.1) is 27.7 Å². The molecule has 2 aromatic heterocycles. The average molecular weight is 298 g/mol. The molecule has 2 heterocycles. The van der Waals surface area contributed by atoms with E-state index in [1.165, 1.54) is 0 Å². The van der Waals surface area contributed by atoms with Crippen molar-refractivity contribution < 1.29 is 8.42 Å². The van der Waals surface area contributed by atoms with Gasteiger partial charge in [0.1, 0.15) is 0 Å². The van der Waals surface area contributed by atoms with Gasteiger partial charge in [-0.1, -0.05) is 0 Å². The van der Waals surface area contributed by atoms with Crippen LogP contribution in [0.25, 0.3) is 0 Å². The second-order valence-electron chi connectivity index (χ2n) is 4.19. The molecule has 0 aliphatic heterocycles. The minimum atomic E-state index is -3.68. The fraction of sp³-hybridized carbons (Fsp3) is 0.364. The molecule has 19 heavy (non-hydrogen) atoms. The normalized spacial score (nSPS) is 11.6. The van der Waals surface area contributed by atoms with Crippen LogP contribution in [0.3, 0.4) is 0 Å². The third kappa shape index (κ3) is 3.07. The molecule has 102 valence electrons. The summed E-state index contributed by atoms with van der Waals surface area (Å²) in [4.78, 5) is 12.2. The lowest BCUT2D eigenvalue weighted by molar-refractivity contribution is 0.602. The summed E-state index contributed by atoms with van der Waals surface area (Å²) in [6.07, 6.45) is 0. The summed E-state index contributed by atoms with van der Waals surface area (Å²) in [5.74, 6) is 0.0861. The van der Waals surface area contributed by atoms with E-state index in [1.54, 1.807) is 33.8 Å². The smallest absolute Gasteiger partial charge is 0.246 e. The van der Waals surface area contributed by atoms with E-state index >= 15 is 0 Å². The highest BCUT2D eigenvalue weighted by atomic mass is 32.2. The summed E-state index contributed by atoms with van der Waals surface area (Å²) < 4.78 is 27.1. The van der Waals surface area contributed by atoms with Crippen LogP contribution in [0.1, 0.15) is 22.1 Å². The Morgan fingerprint density at radius 1 is 1.05 bits per heavy atom. The van der Waals surface area contributed by atoms with Crippen molar-refractivity contribution >= 4 is 27.3 Å². The molecular weight excluding hydrogens is 284 g/mol. The van der Waals surface area contributed by atoms with E-state index in [2.05, 4.69) is 19.7 Å². The molecule has 0 spiro atoms. The number of nitrogens with one attached hydrogen (secondary N) is 1. The van der Waals surface area contributed by atoms with Crippen molar-refractivity contribution in [3.63, 3.8) is 0 Å². The minimum Gasteiger partial charge on any atom is -0.246 e. The molecule has 0 atom stereocenters. The van der Waals surface area contributed by atoms with Gasteiger partial charge in [0.05, 0.1) is 10.7 Å². The van der Waals surface area contributed by atoms with Gasteiger partial charge in [-0.3, -0.25) is 0 Å². The topological polar surface area (TPSA) is 84.8 Å². The second-order valence-corrected chi connectivity index (χ2v) is 7.27. The zero-order valence-corrected chi connectivity index (χ0v) is 12.7. The van der Waals surface area contributed by atoms with E-state index < -0.39 is 10.0 Å². The van der Waals surface area contributed by atoms with Crippen LogP contribution in [0.5, 0.6) is 0 Å². The quantitative estimate of drug-likeness (QED) is 0.936. The van der Waals surface area contributed by atoms with Crippen LogP contribution in [0.4, 0.5) is 5.95 Å². The molecule has 0 amide bonds. The van der Waals surface area contributed by atoms with Crippen LogP contribution in [-0.4, -0.2) is 23.4 Å². The Morgan fingerprint density at radius 2 is 1.63 bits per heavy atom. The van der Waals surface area contributed by atoms with Crippen molar-refractivity contribution in [1.82, 2.24) is 15.0 Å². The van der Waals surface area contributed by atoms with Gasteiger partial charge in [0.15, 0.2) is 4.21 Å². The van der Waals surface area contributed by atoms with Crippen LogP contribution >= 0.6 is 11.3 Å². The zero-order chi connectivity index (χ0) is 14.2. The van der Waals surface area contributed by atoms with Gasteiger partial charge in [0, 0.05) is 11.4 Å². The molecule has 0 saturated carbocycles. The first kappa shape index (κ1) is 13.9. The summed E-state index contributed by atoms with van der Waals surface area (Å²) in [5.41, 5.74) is 1.91. The first-order valence-electron chi connectivity index (χ1n) is 5.57. The third-order valence-electron chi connectivity index (χ3n) is 2.31. The number of rotatable bonds is 3. The first-order chi connectivity index (χ1) is 8.78. The lowest BCUT2D eigenvalue weighted by atomic mass is 10.4. The lowest BCUT2D eigenvalue weighted by Gasteiger charge is -2.06. The van der Waals surface area contributed by atoms with E-state index in [0.717, 1.165) is 11.3 Å². The number of aromatic nitrogens is 3. The van der Waals surface area contributed by atoms with Gasteiger partial charge in [-0.2, -0.15) is 0 Å². The molecule has 0 aromatic carbocycles.